The van der Waals surface area contributed by atoms with Gasteiger partial charge in [-0.15, -0.1) is 0 Å². The van der Waals surface area contributed by atoms with Crippen LogP contribution < -0.4 is 5.43 Å². The van der Waals surface area contributed by atoms with Crippen molar-refractivity contribution in [1.29, 1.82) is 0 Å². The van der Waals surface area contributed by atoms with Gasteiger partial charge in [-0.2, -0.15) is 11.5 Å². The minimum Gasteiger partial charge on any atom is -0.354 e. The molecule has 6 rings (SSSR count). The third-order valence-electron chi connectivity index (χ3n) is 9.68. The van der Waals surface area contributed by atoms with Crippen LogP contribution in [0.15, 0.2) is 65.9 Å². The Labute approximate surface area is 272 Å². The number of nitrogens with zero attached hydrogens (tertiary/aromatic N) is 5. The van der Waals surface area contributed by atoms with Crippen molar-refractivity contribution in [3.63, 3.8) is 0 Å². The Morgan fingerprint density at radius 1 is 1.04 bits per heavy atom. The highest BCUT2D eigenvalue weighted by Crippen LogP contribution is 2.37. The summed E-state index contributed by atoms with van der Waals surface area (Å²) in [6.07, 6.45) is 9.54. The number of likely N-dealkylation sites (tertiary alicyclic amines) is 2. The molecule has 0 saturated carbocycles. The van der Waals surface area contributed by atoms with Gasteiger partial charge in [-0.1, -0.05) is 28.7 Å². The van der Waals surface area contributed by atoms with E-state index in [-0.39, 0.29) is 11.9 Å². The van der Waals surface area contributed by atoms with E-state index in [2.05, 4.69) is 101 Å². The lowest BCUT2D eigenvalue weighted by Crippen LogP contribution is -2.41. The molecule has 4 heterocycles. The number of benzene rings is 2. The molecule has 2 aliphatic heterocycles. The third-order valence-corrected chi connectivity index (χ3v) is 9.68. The molecule has 2 aromatic heterocycles. The highest BCUT2D eigenvalue weighted by molar-refractivity contribution is 5.94. The highest BCUT2D eigenvalue weighted by Gasteiger charge is 2.35. The molecule has 238 valence electrons. The number of pyridine rings is 1. The number of nitrogens with one attached hydrogen (secondary N) is 2. The van der Waals surface area contributed by atoms with Crippen LogP contribution in [-0.4, -0.2) is 57.8 Å². The number of aromatic nitrogens is 2. The van der Waals surface area contributed by atoms with E-state index in [4.69, 9.17) is 11.6 Å². The lowest BCUT2D eigenvalue weighted by molar-refractivity contribution is -0.135. The Bertz CT molecular complexity index is 1760. The number of hydrogen-bond acceptors (Lipinski definition) is 3. The number of aliphatic imine (C=N–C) groups is 1. The Morgan fingerprint density at radius 3 is 2.50 bits per heavy atom. The van der Waals surface area contributed by atoms with Crippen LogP contribution in [0, 0.1) is 20.4 Å². The molecule has 2 N–H and O–H groups in total. The van der Waals surface area contributed by atoms with Crippen LogP contribution in [0.4, 0.5) is 0 Å². The van der Waals surface area contributed by atoms with E-state index in [0.29, 0.717) is 12.5 Å². The number of carbonyl (C=O) groups is 1. The molecule has 0 aliphatic carbocycles. The Morgan fingerprint density at radius 2 is 1.78 bits per heavy atom. The van der Waals surface area contributed by atoms with E-state index < -0.39 is 5.41 Å². The topological polar surface area (TPSA) is 81.0 Å². The van der Waals surface area contributed by atoms with E-state index in [1.807, 2.05) is 17.3 Å². The molecular formula is C38H45N7O. The SMILES string of the molecule is [C-]#[N+]NC(=NCCCc1c(-c2cc(C)cc(C)c2)[nH]c2ccc(C(C)(C)C(=O)N3CCCC3)cc12)N1CCCC1c1ccncc1. The number of carbonyl (C=O) groups excluding carboxylic acids is 1. The monoisotopic (exact) mass is 615 g/mol. The number of guanidine groups is 1. The summed E-state index contributed by atoms with van der Waals surface area (Å²) in [6, 6.07) is 17.5. The van der Waals surface area contributed by atoms with Crippen molar-refractivity contribution in [1.82, 2.24) is 25.2 Å². The predicted octanol–water partition coefficient (Wildman–Crippen LogP) is 7.30. The van der Waals surface area contributed by atoms with Crippen LogP contribution >= 0.6 is 0 Å². The van der Waals surface area contributed by atoms with Crippen LogP contribution in [0.2, 0.25) is 0 Å². The van der Waals surface area contributed by atoms with Crippen LogP contribution in [0.5, 0.6) is 0 Å². The normalized spacial score (nSPS) is 17.1. The van der Waals surface area contributed by atoms with E-state index in [1.54, 1.807) is 0 Å². The van der Waals surface area contributed by atoms with E-state index >= 15 is 0 Å². The summed E-state index contributed by atoms with van der Waals surface area (Å²) in [5.74, 6) is 0.851. The minimum atomic E-state index is -0.612. The molecule has 1 unspecified atom stereocenters. The molecule has 0 bridgehead atoms. The molecule has 8 heteroatoms. The lowest BCUT2D eigenvalue weighted by Gasteiger charge is -2.29. The van der Waals surface area contributed by atoms with Gasteiger partial charge in [0, 0.05) is 55.2 Å². The number of fused-ring (bicyclic) bond motifs is 1. The third kappa shape index (κ3) is 6.37. The predicted molar refractivity (Wildman–Crippen MR) is 185 cm³/mol. The average Bonchev–Trinajstić information content (AvgIpc) is 3.82. The van der Waals surface area contributed by atoms with Gasteiger partial charge in [-0.05, 0) is 125 Å². The molecule has 8 nitrogen and oxygen atoms in total. The first-order valence-electron chi connectivity index (χ1n) is 16.6. The number of aromatic amines is 1. The van der Waals surface area contributed by atoms with Crippen LogP contribution in [-0.2, 0) is 16.6 Å². The first kappa shape index (κ1) is 31.3. The van der Waals surface area contributed by atoms with Crippen LogP contribution in [0.25, 0.3) is 27.1 Å². The largest absolute Gasteiger partial charge is 0.354 e. The van der Waals surface area contributed by atoms with Crippen LogP contribution in [0.3, 0.4) is 0 Å². The number of amides is 1. The molecule has 4 aromatic rings. The maximum atomic E-state index is 13.6. The van der Waals surface area contributed by atoms with Gasteiger partial charge in [-0.3, -0.25) is 9.78 Å². The number of rotatable bonds is 8. The van der Waals surface area contributed by atoms with Gasteiger partial charge >= 0.3 is 0 Å². The maximum absolute atomic E-state index is 13.6. The zero-order valence-electron chi connectivity index (χ0n) is 27.6. The Hall–Kier alpha value is -4.64. The zero-order valence-corrected chi connectivity index (χ0v) is 27.6. The quantitative estimate of drug-likeness (QED) is 0.0717. The molecule has 2 fully saturated rings. The molecule has 46 heavy (non-hydrogen) atoms. The summed E-state index contributed by atoms with van der Waals surface area (Å²) in [5, 5.41) is 1.16. The van der Waals surface area contributed by atoms with Crippen LogP contribution in [0.1, 0.15) is 79.8 Å². The van der Waals surface area contributed by atoms with Gasteiger partial charge in [0.05, 0.1) is 11.5 Å². The summed E-state index contributed by atoms with van der Waals surface area (Å²) in [6.45, 7) is 19.1. The van der Waals surface area contributed by atoms with Crippen molar-refractivity contribution in [2.45, 2.75) is 77.7 Å². The molecule has 2 saturated heterocycles. The fourth-order valence-corrected chi connectivity index (χ4v) is 7.33. The maximum Gasteiger partial charge on any atom is 0.265 e. The van der Waals surface area contributed by atoms with Crippen molar-refractivity contribution in [3.8, 4) is 11.3 Å². The first-order chi connectivity index (χ1) is 22.3. The molecule has 1 amide bonds. The van der Waals surface area contributed by atoms with Crippen molar-refractivity contribution in [2.24, 2.45) is 4.99 Å². The zero-order chi connectivity index (χ0) is 32.3. The van der Waals surface area contributed by atoms with Crippen molar-refractivity contribution in [2.75, 3.05) is 26.2 Å². The van der Waals surface area contributed by atoms with Crippen molar-refractivity contribution >= 4 is 22.8 Å². The second kappa shape index (κ2) is 13.4. The fraction of sp³-hybridized carbons (Fsp3) is 0.421. The van der Waals surface area contributed by atoms with Gasteiger partial charge < -0.3 is 14.8 Å². The molecule has 2 aliphatic rings. The van der Waals surface area contributed by atoms with Gasteiger partial charge in [0.1, 0.15) is 0 Å². The molecule has 0 radical (unpaired) electrons. The van der Waals surface area contributed by atoms with E-state index in [0.717, 1.165) is 80.3 Å². The fourth-order valence-electron chi connectivity index (χ4n) is 7.33. The molecule has 1 atom stereocenters. The van der Waals surface area contributed by atoms with E-state index in [9.17, 15) is 4.79 Å². The van der Waals surface area contributed by atoms with Gasteiger partial charge in [0.25, 0.3) is 5.96 Å². The Kier molecular flexibility index (Phi) is 9.12. The van der Waals surface area contributed by atoms with Gasteiger partial charge in [-0.25, -0.2) is 4.99 Å². The van der Waals surface area contributed by atoms with Gasteiger partial charge in [0.2, 0.25) is 5.91 Å². The number of hydrogen-bond donors (Lipinski definition) is 2. The average molecular weight is 616 g/mol. The molecular weight excluding hydrogens is 570 g/mol. The standard InChI is InChI=1S/C38H45N7O/c1-26-22-27(2)24-29(23-26)35-31(32-25-30(12-13-33(32)42-35)38(3,4)36(46)44-19-6-7-20-44)10-8-16-41-37(43-39-5)45-21-9-11-34(45)28-14-17-40-18-15-28/h12-15,17-18,22-25,34,42H,6-11,16,19-21H2,1-4H3,(H,41,43). The minimum absolute atomic E-state index is 0.186. The number of H-pyrrole nitrogens is 1. The molecule has 2 aromatic carbocycles. The summed E-state index contributed by atoms with van der Waals surface area (Å²) >= 11 is 0. The summed E-state index contributed by atoms with van der Waals surface area (Å²) in [5.41, 5.74) is 11.6. The summed E-state index contributed by atoms with van der Waals surface area (Å²) < 4.78 is 0. The van der Waals surface area contributed by atoms with Gasteiger partial charge in [0.15, 0.2) is 0 Å². The number of aryl methyl sites for hydroxylation is 3. The van der Waals surface area contributed by atoms with E-state index in [1.165, 1.54) is 27.8 Å². The first-order valence-corrected chi connectivity index (χ1v) is 16.6. The second-order valence-corrected chi connectivity index (χ2v) is 13.4. The summed E-state index contributed by atoms with van der Waals surface area (Å²) in [4.78, 5) is 34.2. The van der Waals surface area contributed by atoms with Crippen molar-refractivity contribution < 1.29 is 4.79 Å². The lowest BCUT2D eigenvalue weighted by atomic mass is 9.82. The Balaban J connectivity index is 1.30. The summed E-state index contributed by atoms with van der Waals surface area (Å²) in [7, 11) is 0. The molecule has 0 spiro atoms. The van der Waals surface area contributed by atoms with Crippen molar-refractivity contribution in [3.05, 3.63) is 100 Å². The second-order valence-electron chi connectivity index (χ2n) is 13.4. The smallest absolute Gasteiger partial charge is 0.265 e. The highest BCUT2D eigenvalue weighted by atomic mass is 16.2.